The van der Waals surface area contributed by atoms with Gasteiger partial charge < -0.3 is 10.3 Å². The lowest BCUT2D eigenvalue weighted by Crippen LogP contribution is -1.77. The van der Waals surface area contributed by atoms with Crippen molar-refractivity contribution in [2.75, 3.05) is 0 Å². The van der Waals surface area contributed by atoms with Gasteiger partial charge in [0.2, 0.25) is 0 Å². The van der Waals surface area contributed by atoms with E-state index in [1.165, 1.54) is 6.26 Å². The highest BCUT2D eigenvalue weighted by Gasteiger charge is 2.00. The summed E-state index contributed by atoms with van der Waals surface area (Å²) in [6.45, 7) is 0. The molecule has 12 heavy (non-hydrogen) atoms. The number of nitrogens with one attached hydrogen (secondary N) is 1. The minimum atomic E-state index is 0.454. The molecule has 0 aliphatic heterocycles. The van der Waals surface area contributed by atoms with Gasteiger partial charge in [0, 0.05) is 10.8 Å². The molecule has 0 spiro atoms. The molecule has 1 radical (unpaired) electrons. The number of hydrogen-bond acceptors (Lipinski definition) is 3. The van der Waals surface area contributed by atoms with Crippen LogP contribution in [0.2, 0.25) is 0 Å². The maximum Gasteiger partial charge on any atom is 0.152 e. The Morgan fingerprint density at radius 2 is 2.25 bits per heavy atom. The summed E-state index contributed by atoms with van der Waals surface area (Å²) >= 11 is 0. The molecule has 0 unspecified atom stereocenters. The molecule has 0 saturated carbocycles. The van der Waals surface area contributed by atoms with Gasteiger partial charge in [0.05, 0.1) is 5.69 Å². The molecule has 0 atom stereocenters. The molecule has 0 aliphatic rings. The fraction of sp³-hybridized carbons (Fsp3) is 0. The van der Waals surface area contributed by atoms with Crippen molar-refractivity contribution in [2.45, 2.75) is 0 Å². The third-order valence-corrected chi connectivity index (χ3v) is 1.52. The number of benzene rings is 1. The minimum absolute atomic E-state index is 0.454. The average Bonchev–Trinajstić information content (AvgIpc) is 2.56. The SMILES string of the molecule is [NH]c1cccc(-c2conn2)c1. The molecule has 1 aromatic heterocycles. The summed E-state index contributed by atoms with van der Waals surface area (Å²) in [4.78, 5) is 0. The number of rotatable bonds is 1. The Morgan fingerprint density at radius 3 is 2.92 bits per heavy atom. The lowest BCUT2D eigenvalue weighted by Gasteiger charge is -1.94. The Kier molecular flexibility index (Phi) is 1.51. The van der Waals surface area contributed by atoms with Crippen molar-refractivity contribution in [3.05, 3.63) is 30.5 Å². The quantitative estimate of drug-likeness (QED) is 0.637. The van der Waals surface area contributed by atoms with Crippen molar-refractivity contribution in [1.82, 2.24) is 16.1 Å². The predicted octanol–water partition coefficient (Wildman–Crippen LogP) is 1.65. The second-order valence-electron chi connectivity index (χ2n) is 2.37. The van der Waals surface area contributed by atoms with Crippen molar-refractivity contribution in [3.63, 3.8) is 0 Å². The van der Waals surface area contributed by atoms with Crippen LogP contribution in [0.15, 0.2) is 35.1 Å². The molecule has 1 heterocycles. The predicted molar refractivity (Wildman–Crippen MR) is 42.5 cm³/mol. The van der Waals surface area contributed by atoms with Gasteiger partial charge in [-0.2, -0.15) is 0 Å². The van der Waals surface area contributed by atoms with Crippen molar-refractivity contribution in [1.29, 1.82) is 0 Å². The molecule has 1 N–H and O–H groups in total. The van der Waals surface area contributed by atoms with E-state index in [0.717, 1.165) is 5.56 Å². The molecule has 0 aliphatic carbocycles. The molecular weight excluding hydrogens is 154 g/mol. The maximum atomic E-state index is 7.36. The lowest BCUT2D eigenvalue weighted by atomic mass is 10.1. The topological polar surface area (TPSA) is 62.7 Å². The first kappa shape index (κ1) is 6.84. The molecule has 2 rings (SSSR count). The molecule has 0 fully saturated rings. The van der Waals surface area contributed by atoms with E-state index in [1.807, 2.05) is 6.07 Å². The Morgan fingerprint density at radius 1 is 1.33 bits per heavy atom. The summed E-state index contributed by atoms with van der Waals surface area (Å²) in [6.07, 6.45) is 1.45. The first-order valence-electron chi connectivity index (χ1n) is 3.45. The van der Waals surface area contributed by atoms with Crippen molar-refractivity contribution in [3.8, 4) is 11.3 Å². The molecule has 4 heteroatoms. The van der Waals surface area contributed by atoms with Gasteiger partial charge in [-0.15, -0.1) is 5.10 Å². The Balaban J connectivity index is 2.48. The van der Waals surface area contributed by atoms with Crippen LogP contribution in [0, 0.1) is 0 Å². The molecule has 2 aromatic rings. The standard InChI is InChI=1S/C8H6N3O/c9-7-3-1-2-6(4-7)8-5-12-11-10-8/h1-5,9H. The minimum Gasteiger partial charge on any atom is -0.345 e. The summed E-state index contributed by atoms with van der Waals surface area (Å²) in [6, 6.07) is 7.07. The Labute approximate surface area is 69.0 Å². The average molecular weight is 160 g/mol. The molecule has 0 bridgehead atoms. The zero-order valence-corrected chi connectivity index (χ0v) is 6.19. The largest absolute Gasteiger partial charge is 0.345 e. The van der Waals surface area contributed by atoms with Crippen LogP contribution in [-0.4, -0.2) is 10.4 Å². The van der Waals surface area contributed by atoms with E-state index in [4.69, 9.17) is 5.73 Å². The monoisotopic (exact) mass is 160 g/mol. The zero-order chi connectivity index (χ0) is 8.39. The van der Waals surface area contributed by atoms with Crippen molar-refractivity contribution in [2.24, 2.45) is 0 Å². The van der Waals surface area contributed by atoms with Gasteiger partial charge in [-0.05, 0) is 12.1 Å². The van der Waals surface area contributed by atoms with E-state index in [9.17, 15) is 0 Å². The van der Waals surface area contributed by atoms with E-state index >= 15 is 0 Å². The summed E-state index contributed by atoms with van der Waals surface area (Å²) in [5.74, 6) is 0. The van der Waals surface area contributed by atoms with Gasteiger partial charge in [0.1, 0.15) is 5.69 Å². The second kappa shape index (κ2) is 2.65. The number of aromatic nitrogens is 2. The summed E-state index contributed by atoms with van der Waals surface area (Å²) in [5.41, 5.74) is 9.32. The highest BCUT2D eigenvalue weighted by Crippen LogP contribution is 2.18. The summed E-state index contributed by atoms with van der Waals surface area (Å²) in [5, 5.41) is 7.07. The van der Waals surface area contributed by atoms with Gasteiger partial charge in [0.25, 0.3) is 0 Å². The second-order valence-corrected chi connectivity index (χ2v) is 2.37. The van der Waals surface area contributed by atoms with E-state index in [0.29, 0.717) is 11.4 Å². The third-order valence-electron chi connectivity index (χ3n) is 1.52. The van der Waals surface area contributed by atoms with Crippen molar-refractivity contribution < 1.29 is 4.52 Å². The highest BCUT2D eigenvalue weighted by molar-refractivity contribution is 5.61. The number of nitrogens with zero attached hydrogens (tertiary/aromatic N) is 2. The maximum absolute atomic E-state index is 7.36. The van der Waals surface area contributed by atoms with Crippen LogP contribution in [0.3, 0.4) is 0 Å². The fourth-order valence-electron chi connectivity index (χ4n) is 0.969. The molecular formula is C8H6N3O. The fourth-order valence-corrected chi connectivity index (χ4v) is 0.969. The van der Waals surface area contributed by atoms with E-state index in [2.05, 4.69) is 14.9 Å². The normalized spacial score (nSPS) is 10.0. The molecule has 1 aromatic carbocycles. The molecule has 0 saturated heterocycles. The third kappa shape index (κ3) is 1.14. The van der Waals surface area contributed by atoms with Crippen LogP contribution in [0.25, 0.3) is 11.3 Å². The van der Waals surface area contributed by atoms with Gasteiger partial charge in [-0.1, -0.05) is 12.1 Å². The number of hydrogen-bond donors (Lipinski definition) is 0. The Hall–Kier alpha value is -1.84. The lowest BCUT2D eigenvalue weighted by molar-refractivity contribution is 0.393. The van der Waals surface area contributed by atoms with Crippen LogP contribution < -0.4 is 5.73 Å². The van der Waals surface area contributed by atoms with Crippen molar-refractivity contribution >= 4 is 5.69 Å². The van der Waals surface area contributed by atoms with E-state index in [1.54, 1.807) is 18.2 Å². The smallest absolute Gasteiger partial charge is 0.152 e. The highest BCUT2D eigenvalue weighted by atomic mass is 16.5. The van der Waals surface area contributed by atoms with Crippen LogP contribution in [-0.2, 0) is 0 Å². The Bertz CT molecular complexity index is 370. The van der Waals surface area contributed by atoms with Gasteiger partial charge in [0.15, 0.2) is 6.26 Å². The van der Waals surface area contributed by atoms with Gasteiger partial charge in [-0.3, -0.25) is 0 Å². The first-order valence-corrected chi connectivity index (χ1v) is 3.45. The summed E-state index contributed by atoms with van der Waals surface area (Å²) < 4.78 is 4.59. The van der Waals surface area contributed by atoms with Crippen LogP contribution >= 0.6 is 0 Å². The zero-order valence-electron chi connectivity index (χ0n) is 6.19. The van der Waals surface area contributed by atoms with Crippen LogP contribution in [0.4, 0.5) is 5.69 Å². The van der Waals surface area contributed by atoms with Crippen LogP contribution in [0.5, 0.6) is 0 Å². The summed E-state index contributed by atoms with van der Waals surface area (Å²) in [7, 11) is 0. The van der Waals surface area contributed by atoms with E-state index < -0.39 is 0 Å². The first-order chi connectivity index (χ1) is 5.86. The molecule has 4 nitrogen and oxygen atoms in total. The van der Waals surface area contributed by atoms with Crippen LogP contribution in [0.1, 0.15) is 0 Å². The molecule has 59 valence electrons. The van der Waals surface area contributed by atoms with E-state index in [-0.39, 0.29) is 0 Å². The molecule has 0 amide bonds. The van der Waals surface area contributed by atoms with Gasteiger partial charge in [-0.25, -0.2) is 0 Å². The van der Waals surface area contributed by atoms with Gasteiger partial charge >= 0.3 is 0 Å².